The van der Waals surface area contributed by atoms with Crippen molar-refractivity contribution in [2.45, 2.75) is 58.3 Å². The fraction of sp³-hybridized carbons (Fsp3) is 0.529. The molecule has 114 valence electrons. The molecule has 4 nitrogen and oxygen atoms in total. The molecule has 0 amide bonds. The third-order valence-electron chi connectivity index (χ3n) is 3.76. The fourth-order valence-corrected chi connectivity index (χ4v) is 2.58. The number of pyridine rings is 1. The molecule has 0 radical (unpaired) electrons. The van der Waals surface area contributed by atoms with Crippen molar-refractivity contribution in [1.29, 1.82) is 0 Å². The molecular formula is C17H25N3O. The van der Waals surface area contributed by atoms with Crippen LogP contribution in [0.4, 0.5) is 5.88 Å². The first-order valence-electron chi connectivity index (χ1n) is 7.97. The van der Waals surface area contributed by atoms with Gasteiger partial charge in [-0.2, -0.15) is 0 Å². The van der Waals surface area contributed by atoms with E-state index in [0.717, 1.165) is 29.7 Å². The van der Waals surface area contributed by atoms with Crippen LogP contribution >= 0.6 is 0 Å². The van der Waals surface area contributed by atoms with Crippen LogP contribution in [0.1, 0.15) is 57.6 Å². The van der Waals surface area contributed by atoms with Gasteiger partial charge in [-0.15, -0.1) is 0 Å². The first kappa shape index (κ1) is 15.5. The van der Waals surface area contributed by atoms with Crippen LogP contribution < -0.4 is 5.73 Å². The van der Waals surface area contributed by atoms with Crippen molar-refractivity contribution in [3.8, 4) is 11.1 Å². The first-order valence-corrected chi connectivity index (χ1v) is 7.97. The maximum Gasteiger partial charge on any atom is 0.230 e. The van der Waals surface area contributed by atoms with Gasteiger partial charge in [0.25, 0.3) is 0 Å². The second-order valence-corrected chi connectivity index (χ2v) is 5.48. The normalized spacial score (nSPS) is 10.9. The number of rotatable bonds is 9. The predicted molar refractivity (Wildman–Crippen MR) is 85.8 cm³/mol. The van der Waals surface area contributed by atoms with Gasteiger partial charge in [0.1, 0.15) is 0 Å². The molecule has 2 rings (SSSR count). The van der Waals surface area contributed by atoms with E-state index in [9.17, 15) is 0 Å². The summed E-state index contributed by atoms with van der Waals surface area (Å²) < 4.78 is 5.16. The number of nitrogen functional groups attached to an aromatic ring is 1. The van der Waals surface area contributed by atoms with E-state index in [-0.39, 0.29) is 0 Å². The van der Waals surface area contributed by atoms with Crippen LogP contribution in [0.15, 0.2) is 29.0 Å². The van der Waals surface area contributed by atoms with Crippen LogP contribution in [0.3, 0.4) is 0 Å². The van der Waals surface area contributed by atoms with E-state index >= 15 is 0 Å². The van der Waals surface area contributed by atoms with Gasteiger partial charge in [-0.1, -0.05) is 56.7 Å². The van der Waals surface area contributed by atoms with Crippen molar-refractivity contribution in [2.75, 3.05) is 5.73 Å². The largest absolute Gasteiger partial charge is 0.367 e. The van der Waals surface area contributed by atoms with Gasteiger partial charge in [-0.25, -0.2) is 0 Å². The van der Waals surface area contributed by atoms with Crippen LogP contribution in [-0.2, 0) is 6.42 Å². The molecule has 0 unspecified atom stereocenters. The summed E-state index contributed by atoms with van der Waals surface area (Å²) in [6, 6.07) is 3.89. The lowest BCUT2D eigenvalue weighted by Gasteiger charge is -2.03. The minimum atomic E-state index is 0.390. The van der Waals surface area contributed by atoms with Crippen molar-refractivity contribution in [3.05, 3.63) is 30.2 Å². The minimum Gasteiger partial charge on any atom is -0.367 e. The number of aryl methyl sites for hydroxylation is 1. The molecule has 21 heavy (non-hydrogen) atoms. The quantitative estimate of drug-likeness (QED) is 0.684. The van der Waals surface area contributed by atoms with Gasteiger partial charge in [0.2, 0.25) is 5.88 Å². The van der Waals surface area contributed by atoms with E-state index in [1.54, 1.807) is 12.4 Å². The Kier molecular flexibility index (Phi) is 6.25. The number of aromatic nitrogens is 2. The van der Waals surface area contributed by atoms with E-state index in [1.807, 2.05) is 12.1 Å². The Morgan fingerprint density at radius 1 is 1.10 bits per heavy atom. The van der Waals surface area contributed by atoms with E-state index in [0.29, 0.717) is 5.88 Å². The maximum absolute atomic E-state index is 5.90. The van der Waals surface area contributed by atoms with Crippen molar-refractivity contribution in [1.82, 2.24) is 10.1 Å². The van der Waals surface area contributed by atoms with E-state index in [1.165, 1.54) is 38.5 Å². The molecule has 0 aliphatic rings. The highest BCUT2D eigenvalue weighted by Gasteiger charge is 2.15. The Labute approximate surface area is 126 Å². The summed E-state index contributed by atoms with van der Waals surface area (Å²) in [5.74, 6) is 0.390. The summed E-state index contributed by atoms with van der Waals surface area (Å²) in [6.45, 7) is 2.24. The molecule has 2 aromatic rings. The van der Waals surface area contributed by atoms with Crippen LogP contribution in [0.2, 0.25) is 0 Å². The molecule has 0 aliphatic carbocycles. The molecule has 0 saturated carbocycles. The molecule has 0 bridgehead atoms. The zero-order valence-corrected chi connectivity index (χ0v) is 12.8. The van der Waals surface area contributed by atoms with Gasteiger partial charge < -0.3 is 10.3 Å². The summed E-state index contributed by atoms with van der Waals surface area (Å²) in [5, 5.41) is 4.11. The van der Waals surface area contributed by atoms with E-state index in [2.05, 4.69) is 17.1 Å². The molecule has 0 atom stereocenters. The number of anilines is 1. The number of unbranched alkanes of at least 4 members (excludes halogenated alkanes) is 6. The Balaban J connectivity index is 1.84. The van der Waals surface area contributed by atoms with E-state index < -0.39 is 0 Å². The van der Waals surface area contributed by atoms with Crippen LogP contribution in [-0.4, -0.2) is 10.1 Å². The third-order valence-corrected chi connectivity index (χ3v) is 3.76. The summed E-state index contributed by atoms with van der Waals surface area (Å²) in [6.07, 6.45) is 13.5. The topological polar surface area (TPSA) is 64.9 Å². The molecule has 2 heterocycles. The predicted octanol–water partition coefficient (Wildman–Crippen LogP) is 4.61. The van der Waals surface area contributed by atoms with Gasteiger partial charge in [-0.05, 0) is 18.9 Å². The summed E-state index contributed by atoms with van der Waals surface area (Å²) in [4.78, 5) is 4.14. The molecule has 4 heteroatoms. The van der Waals surface area contributed by atoms with Crippen molar-refractivity contribution >= 4 is 5.88 Å². The Morgan fingerprint density at radius 3 is 2.57 bits per heavy atom. The second kappa shape index (κ2) is 8.45. The van der Waals surface area contributed by atoms with E-state index in [4.69, 9.17) is 10.3 Å². The number of nitrogens with zero attached hydrogens (tertiary/aromatic N) is 2. The highest BCUT2D eigenvalue weighted by Crippen LogP contribution is 2.30. The lowest BCUT2D eigenvalue weighted by molar-refractivity contribution is 0.425. The molecular weight excluding hydrogens is 262 g/mol. The molecule has 0 aliphatic heterocycles. The number of nitrogens with two attached hydrogens (primary N) is 1. The van der Waals surface area contributed by atoms with Crippen molar-refractivity contribution in [3.63, 3.8) is 0 Å². The van der Waals surface area contributed by atoms with Gasteiger partial charge in [-0.3, -0.25) is 4.98 Å². The van der Waals surface area contributed by atoms with Crippen LogP contribution in [0.5, 0.6) is 0 Å². The lowest BCUT2D eigenvalue weighted by atomic mass is 10.0. The molecule has 0 spiro atoms. The van der Waals surface area contributed by atoms with Gasteiger partial charge in [0, 0.05) is 18.0 Å². The fourth-order valence-electron chi connectivity index (χ4n) is 2.58. The number of hydrogen-bond donors (Lipinski definition) is 1. The smallest absolute Gasteiger partial charge is 0.230 e. The zero-order chi connectivity index (χ0) is 14.9. The van der Waals surface area contributed by atoms with Gasteiger partial charge >= 0.3 is 0 Å². The highest BCUT2D eigenvalue weighted by molar-refractivity contribution is 5.74. The zero-order valence-electron chi connectivity index (χ0n) is 12.8. The molecule has 0 fully saturated rings. The average Bonchev–Trinajstić information content (AvgIpc) is 2.88. The minimum absolute atomic E-state index is 0.390. The molecule has 2 N–H and O–H groups in total. The van der Waals surface area contributed by atoms with Crippen LogP contribution in [0.25, 0.3) is 11.1 Å². The highest BCUT2D eigenvalue weighted by atomic mass is 16.5. The Bertz CT molecular complexity index is 522. The Hall–Kier alpha value is -1.84. The average molecular weight is 287 g/mol. The summed E-state index contributed by atoms with van der Waals surface area (Å²) in [5.41, 5.74) is 8.75. The lowest BCUT2D eigenvalue weighted by Crippen LogP contribution is -1.92. The first-order chi connectivity index (χ1) is 10.3. The SMILES string of the molecule is CCCCCCCCCc1noc(N)c1-c1cccnc1. The molecule has 0 saturated heterocycles. The molecule has 0 aromatic carbocycles. The molecule has 2 aromatic heterocycles. The second-order valence-electron chi connectivity index (χ2n) is 5.48. The standard InChI is InChI=1S/C17H25N3O/c1-2-3-4-5-6-7-8-11-15-16(17(18)21-20-15)14-10-9-12-19-13-14/h9-10,12-13H,2-8,11,18H2,1H3. The van der Waals surface area contributed by atoms with Gasteiger partial charge in [0.05, 0.1) is 11.3 Å². The summed E-state index contributed by atoms with van der Waals surface area (Å²) >= 11 is 0. The third kappa shape index (κ3) is 4.59. The maximum atomic E-state index is 5.90. The van der Waals surface area contributed by atoms with Crippen LogP contribution in [0, 0.1) is 0 Å². The number of hydrogen-bond acceptors (Lipinski definition) is 4. The summed E-state index contributed by atoms with van der Waals surface area (Å²) in [7, 11) is 0. The van der Waals surface area contributed by atoms with Gasteiger partial charge in [0.15, 0.2) is 0 Å². The Morgan fingerprint density at radius 2 is 1.86 bits per heavy atom. The monoisotopic (exact) mass is 287 g/mol. The van der Waals surface area contributed by atoms with Crippen molar-refractivity contribution < 1.29 is 4.52 Å². The van der Waals surface area contributed by atoms with Crippen molar-refractivity contribution in [2.24, 2.45) is 0 Å².